The first kappa shape index (κ1) is 27.4. The highest BCUT2D eigenvalue weighted by Crippen LogP contribution is 2.33. The van der Waals surface area contributed by atoms with Crippen LogP contribution in [0.1, 0.15) is 63.7 Å². The van der Waals surface area contributed by atoms with E-state index in [4.69, 9.17) is 15.2 Å². The highest BCUT2D eigenvalue weighted by atomic mass is 32.2. The number of fused-ring (bicyclic) bond motifs is 1. The monoisotopic (exact) mass is 562 g/mol. The van der Waals surface area contributed by atoms with Crippen molar-refractivity contribution in [1.29, 1.82) is 0 Å². The number of hydrogen-bond donors (Lipinski definition) is 2. The Labute approximate surface area is 232 Å². The fourth-order valence-electron chi connectivity index (χ4n) is 4.97. The van der Waals surface area contributed by atoms with Crippen LogP contribution in [0.5, 0.6) is 5.75 Å². The third-order valence-electron chi connectivity index (χ3n) is 7.10. The van der Waals surface area contributed by atoms with E-state index < -0.39 is 22.0 Å². The number of esters is 1. The van der Waals surface area contributed by atoms with E-state index in [9.17, 15) is 18.0 Å². The predicted molar refractivity (Wildman–Crippen MR) is 149 cm³/mol. The van der Waals surface area contributed by atoms with Crippen molar-refractivity contribution in [2.75, 3.05) is 7.11 Å². The number of carbonyl (C=O) groups is 2. The number of nitrogens with zero attached hydrogens (tertiary/aromatic N) is 2. The van der Waals surface area contributed by atoms with Crippen LogP contribution in [-0.2, 0) is 21.8 Å². The maximum Gasteiger partial charge on any atom is 0.338 e. The fourth-order valence-corrected chi connectivity index (χ4v) is 5.97. The minimum Gasteiger partial charge on any atom is -0.496 e. The van der Waals surface area contributed by atoms with Crippen LogP contribution in [0.2, 0.25) is 0 Å². The highest BCUT2D eigenvalue weighted by molar-refractivity contribution is 7.90. The Morgan fingerprint density at radius 2 is 1.73 bits per heavy atom. The molecule has 10 nitrogen and oxygen atoms in total. The average molecular weight is 563 g/mol. The summed E-state index contributed by atoms with van der Waals surface area (Å²) in [6, 6.07) is 16.6. The van der Waals surface area contributed by atoms with Gasteiger partial charge in [0.2, 0.25) is 0 Å². The van der Waals surface area contributed by atoms with Crippen LogP contribution in [-0.4, -0.2) is 43.3 Å². The largest absolute Gasteiger partial charge is 0.496 e. The maximum atomic E-state index is 12.8. The van der Waals surface area contributed by atoms with E-state index >= 15 is 0 Å². The third kappa shape index (κ3) is 5.43. The van der Waals surface area contributed by atoms with E-state index in [1.54, 1.807) is 48.1 Å². The Morgan fingerprint density at radius 1 is 1.02 bits per heavy atom. The van der Waals surface area contributed by atoms with Crippen LogP contribution < -0.4 is 15.2 Å². The van der Waals surface area contributed by atoms with Gasteiger partial charge in [-0.1, -0.05) is 24.3 Å². The lowest BCUT2D eigenvalue weighted by Gasteiger charge is -2.16. The van der Waals surface area contributed by atoms with Gasteiger partial charge in [0.1, 0.15) is 11.9 Å². The molecular formula is C29H30N4O6S. The average Bonchev–Trinajstić information content (AvgIpc) is 3.59. The number of sulfonamides is 1. The Bertz CT molecular complexity index is 1680. The van der Waals surface area contributed by atoms with Gasteiger partial charge in [-0.05, 0) is 68.1 Å². The molecule has 1 unspecified atom stereocenters. The first-order valence-electron chi connectivity index (χ1n) is 12.9. The van der Waals surface area contributed by atoms with Crippen LogP contribution in [0.25, 0.3) is 10.9 Å². The van der Waals surface area contributed by atoms with Gasteiger partial charge >= 0.3 is 5.97 Å². The number of benzene rings is 3. The third-order valence-corrected chi connectivity index (χ3v) is 8.44. The second-order valence-corrected chi connectivity index (χ2v) is 11.4. The molecule has 0 spiro atoms. The van der Waals surface area contributed by atoms with Gasteiger partial charge in [-0.15, -0.1) is 0 Å². The van der Waals surface area contributed by atoms with Crippen LogP contribution in [0.15, 0.2) is 71.6 Å². The van der Waals surface area contributed by atoms with E-state index in [0.717, 1.165) is 31.2 Å². The molecule has 3 N–H and O–H groups in total. The molecule has 1 amide bonds. The lowest BCUT2D eigenvalue weighted by molar-refractivity contribution is 0.0318. The predicted octanol–water partition coefficient (Wildman–Crippen LogP) is 3.85. The molecule has 1 fully saturated rings. The lowest BCUT2D eigenvalue weighted by atomic mass is 9.98. The zero-order chi connectivity index (χ0) is 28.4. The number of carbonyl (C=O) groups excluding carboxylic acids is 2. The van der Waals surface area contributed by atoms with Crippen molar-refractivity contribution in [3.63, 3.8) is 0 Å². The molecular weight excluding hydrogens is 532 g/mol. The van der Waals surface area contributed by atoms with Gasteiger partial charge in [0, 0.05) is 23.6 Å². The molecule has 208 valence electrons. The number of ether oxygens (including phenoxy) is 2. The van der Waals surface area contributed by atoms with Crippen LogP contribution in [0.3, 0.4) is 0 Å². The molecule has 0 radical (unpaired) electrons. The van der Waals surface area contributed by atoms with Crippen LogP contribution in [0.4, 0.5) is 0 Å². The molecule has 11 heteroatoms. The highest BCUT2D eigenvalue weighted by Gasteiger charge is 2.25. The molecule has 1 aliphatic rings. The molecule has 40 heavy (non-hydrogen) atoms. The topological polar surface area (TPSA) is 143 Å². The Balaban J connectivity index is 1.42. The van der Waals surface area contributed by atoms with Crippen molar-refractivity contribution in [2.24, 2.45) is 12.8 Å². The van der Waals surface area contributed by atoms with E-state index in [-0.39, 0.29) is 28.3 Å². The summed E-state index contributed by atoms with van der Waals surface area (Å²) in [6.45, 7) is 0. The number of methoxy groups -OCH3 is 1. The summed E-state index contributed by atoms with van der Waals surface area (Å²) in [5, 5.41) is 5.30. The van der Waals surface area contributed by atoms with Gasteiger partial charge in [-0.3, -0.25) is 9.48 Å². The Hall–Kier alpha value is -4.22. The number of aromatic nitrogens is 2. The number of amides is 1. The minimum absolute atomic E-state index is 0.0255. The second kappa shape index (κ2) is 11.1. The zero-order valence-corrected chi connectivity index (χ0v) is 23.0. The van der Waals surface area contributed by atoms with Crippen molar-refractivity contribution >= 4 is 32.8 Å². The van der Waals surface area contributed by atoms with Crippen molar-refractivity contribution in [1.82, 2.24) is 14.5 Å². The van der Waals surface area contributed by atoms with E-state index in [1.807, 2.05) is 6.07 Å². The molecule has 1 aromatic heterocycles. The van der Waals surface area contributed by atoms with Crippen LogP contribution >= 0.6 is 0 Å². The summed E-state index contributed by atoms with van der Waals surface area (Å²) in [5.74, 6) is -0.903. The quantitative estimate of drug-likeness (QED) is 0.308. The molecule has 0 bridgehead atoms. The summed E-state index contributed by atoms with van der Waals surface area (Å²) in [7, 11) is -0.836. The van der Waals surface area contributed by atoms with Gasteiger partial charge in [-0.25, -0.2) is 17.9 Å². The normalized spacial score (nSPS) is 14.7. The summed E-state index contributed by atoms with van der Waals surface area (Å²) in [5.41, 5.74) is 8.98. The smallest absolute Gasteiger partial charge is 0.338 e. The van der Waals surface area contributed by atoms with Crippen LogP contribution in [0, 0.1) is 0 Å². The van der Waals surface area contributed by atoms with E-state index in [1.165, 1.54) is 31.4 Å². The molecule has 1 saturated carbocycles. The van der Waals surface area contributed by atoms with Crippen molar-refractivity contribution in [3.8, 4) is 5.75 Å². The number of rotatable bonds is 8. The molecule has 3 aromatic carbocycles. The van der Waals surface area contributed by atoms with Gasteiger partial charge in [-0.2, -0.15) is 5.10 Å². The minimum atomic E-state index is -4.05. The van der Waals surface area contributed by atoms with Gasteiger partial charge in [0.25, 0.3) is 15.9 Å². The zero-order valence-electron chi connectivity index (χ0n) is 22.2. The van der Waals surface area contributed by atoms with Gasteiger partial charge in [0.05, 0.1) is 34.8 Å². The Kier molecular flexibility index (Phi) is 7.59. The number of nitrogens with one attached hydrogen (secondary N) is 1. The molecule has 0 aliphatic heterocycles. The number of aryl methyl sites for hydroxylation is 1. The number of nitrogens with two attached hydrogens (primary N) is 1. The summed E-state index contributed by atoms with van der Waals surface area (Å²) in [4.78, 5) is 25.6. The molecule has 1 aliphatic carbocycles. The van der Waals surface area contributed by atoms with E-state index in [2.05, 4.69) is 9.82 Å². The molecule has 0 saturated heterocycles. The maximum absolute atomic E-state index is 12.8. The van der Waals surface area contributed by atoms with E-state index in [0.29, 0.717) is 22.2 Å². The SMILES string of the molecule is COc1cc(C(=O)NS(=O)(=O)c2ccccc2)ccc1C(N)c1nn(C)c2ccc(C(=O)OC3CCCC3)cc12. The Morgan fingerprint density at radius 3 is 2.42 bits per heavy atom. The summed E-state index contributed by atoms with van der Waals surface area (Å²) < 4.78 is 40.2. The van der Waals surface area contributed by atoms with Crippen molar-refractivity contribution in [2.45, 2.75) is 42.7 Å². The molecule has 1 heterocycles. The van der Waals surface area contributed by atoms with Crippen molar-refractivity contribution < 1.29 is 27.5 Å². The first-order valence-corrected chi connectivity index (χ1v) is 14.4. The lowest BCUT2D eigenvalue weighted by Crippen LogP contribution is -2.30. The molecule has 4 aromatic rings. The fraction of sp³-hybridized carbons (Fsp3) is 0.276. The molecule has 5 rings (SSSR count). The standard InChI is InChI=1S/C29H30N4O6S/c1-33-24-15-13-19(29(35)39-20-8-6-7-9-20)16-23(24)27(31-33)26(30)22-14-12-18(17-25(22)38-2)28(34)32-40(36,37)21-10-4-3-5-11-21/h3-5,10-17,20,26H,6-9,30H2,1-2H3,(H,32,34). The number of hydrogen-bond acceptors (Lipinski definition) is 8. The van der Waals surface area contributed by atoms with Crippen molar-refractivity contribution in [3.05, 3.63) is 89.1 Å². The van der Waals surface area contributed by atoms with Gasteiger partial charge in [0.15, 0.2) is 0 Å². The summed E-state index contributed by atoms with van der Waals surface area (Å²) >= 11 is 0. The first-order chi connectivity index (χ1) is 19.2. The second-order valence-electron chi connectivity index (χ2n) is 9.73. The van der Waals surface area contributed by atoms with Gasteiger partial charge < -0.3 is 15.2 Å². The molecule has 1 atom stereocenters. The summed E-state index contributed by atoms with van der Waals surface area (Å²) in [6.07, 6.45) is 3.82.